The number of hydrogen-bond acceptors (Lipinski definition) is 3. The molecule has 0 bridgehead atoms. The Morgan fingerprint density at radius 3 is 2.78 bits per heavy atom. The van der Waals surface area contributed by atoms with E-state index in [1.807, 2.05) is 6.92 Å². The van der Waals surface area contributed by atoms with E-state index in [2.05, 4.69) is 18.2 Å². The molecule has 1 heterocycles. The second-order valence-electron chi connectivity index (χ2n) is 5.21. The molecule has 1 fully saturated rings. The number of hydrogen-bond donors (Lipinski definition) is 0. The van der Waals surface area contributed by atoms with Crippen LogP contribution in [0.25, 0.3) is 0 Å². The van der Waals surface area contributed by atoms with Gasteiger partial charge in [-0.25, -0.2) is 0 Å². The number of benzene rings is 1. The summed E-state index contributed by atoms with van der Waals surface area (Å²) in [5, 5.41) is 0. The van der Waals surface area contributed by atoms with Crippen molar-refractivity contribution in [2.45, 2.75) is 38.4 Å². The average Bonchev–Trinajstić information content (AvgIpc) is 2.97. The average molecular weight is 248 g/mol. The van der Waals surface area contributed by atoms with Gasteiger partial charge in [-0.3, -0.25) is 0 Å². The van der Waals surface area contributed by atoms with Gasteiger partial charge in [-0.2, -0.15) is 0 Å². The Labute approximate surface area is 108 Å². The van der Waals surface area contributed by atoms with Crippen LogP contribution in [0.15, 0.2) is 18.2 Å². The highest BCUT2D eigenvalue weighted by Crippen LogP contribution is 2.27. The first-order chi connectivity index (χ1) is 8.75. The van der Waals surface area contributed by atoms with Gasteiger partial charge in [0.25, 0.3) is 0 Å². The van der Waals surface area contributed by atoms with Gasteiger partial charge in [-0.05, 0) is 49.4 Å². The first-order valence-electron chi connectivity index (χ1n) is 6.78. The number of fused-ring (bicyclic) bond motifs is 1. The maximum absolute atomic E-state index is 5.80. The minimum atomic E-state index is -0.448. The second kappa shape index (κ2) is 4.90. The van der Waals surface area contributed by atoms with Crippen molar-refractivity contribution in [2.24, 2.45) is 0 Å². The Balaban J connectivity index is 1.54. The lowest BCUT2D eigenvalue weighted by Gasteiger charge is -2.22. The summed E-state index contributed by atoms with van der Waals surface area (Å²) in [5.41, 5.74) is 2.93. The molecule has 3 heteroatoms. The lowest BCUT2D eigenvalue weighted by Crippen LogP contribution is -2.27. The molecular formula is C15H20O3. The van der Waals surface area contributed by atoms with Crippen LogP contribution in [-0.2, 0) is 22.3 Å². The Morgan fingerprint density at radius 2 is 1.94 bits per heavy atom. The molecule has 3 rings (SSSR count). The van der Waals surface area contributed by atoms with E-state index in [0.717, 1.165) is 12.2 Å². The Kier molecular flexibility index (Phi) is 3.27. The van der Waals surface area contributed by atoms with Crippen LogP contribution in [-0.4, -0.2) is 25.6 Å². The molecule has 0 saturated carbocycles. The second-order valence-corrected chi connectivity index (χ2v) is 5.21. The molecule has 0 unspecified atom stereocenters. The molecule has 2 aliphatic rings. The van der Waals surface area contributed by atoms with Crippen LogP contribution in [0.4, 0.5) is 0 Å². The zero-order valence-corrected chi connectivity index (χ0v) is 10.9. The lowest BCUT2D eigenvalue weighted by molar-refractivity contribution is -0.150. The van der Waals surface area contributed by atoms with Crippen LogP contribution in [0.3, 0.4) is 0 Å². The van der Waals surface area contributed by atoms with E-state index in [1.54, 1.807) is 0 Å². The topological polar surface area (TPSA) is 27.7 Å². The molecule has 0 amide bonds. The van der Waals surface area contributed by atoms with Gasteiger partial charge in [0.2, 0.25) is 0 Å². The molecule has 0 N–H and O–H groups in total. The predicted molar refractivity (Wildman–Crippen MR) is 68.9 cm³/mol. The molecule has 1 aliphatic carbocycles. The van der Waals surface area contributed by atoms with Crippen molar-refractivity contribution < 1.29 is 14.2 Å². The molecule has 0 aromatic heterocycles. The van der Waals surface area contributed by atoms with E-state index in [-0.39, 0.29) is 0 Å². The molecular weight excluding hydrogens is 228 g/mol. The summed E-state index contributed by atoms with van der Waals surface area (Å²) in [6.45, 7) is 3.99. The third-order valence-corrected chi connectivity index (χ3v) is 3.79. The molecule has 3 nitrogen and oxygen atoms in total. The fourth-order valence-electron chi connectivity index (χ4n) is 2.69. The van der Waals surface area contributed by atoms with Gasteiger partial charge in [0.05, 0.1) is 19.8 Å². The van der Waals surface area contributed by atoms with Gasteiger partial charge in [0.15, 0.2) is 5.79 Å². The van der Waals surface area contributed by atoms with Gasteiger partial charge in [-0.1, -0.05) is 6.07 Å². The molecule has 1 aromatic carbocycles. The highest BCUT2D eigenvalue weighted by atomic mass is 16.7. The summed E-state index contributed by atoms with van der Waals surface area (Å²) in [4.78, 5) is 0. The van der Waals surface area contributed by atoms with Crippen LogP contribution < -0.4 is 4.74 Å². The monoisotopic (exact) mass is 248 g/mol. The molecule has 1 aliphatic heterocycles. The van der Waals surface area contributed by atoms with Gasteiger partial charge in [0.1, 0.15) is 5.75 Å². The highest BCUT2D eigenvalue weighted by molar-refractivity contribution is 5.38. The smallest absolute Gasteiger partial charge is 0.168 e. The van der Waals surface area contributed by atoms with Crippen molar-refractivity contribution in [3.8, 4) is 5.75 Å². The van der Waals surface area contributed by atoms with Crippen LogP contribution >= 0.6 is 0 Å². The third-order valence-electron chi connectivity index (χ3n) is 3.79. The van der Waals surface area contributed by atoms with Crippen LogP contribution in [0.1, 0.15) is 30.9 Å². The number of rotatable bonds is 4. The maximum Gasteiger partial charge on any atom is 0.168 e. The van der Waals surface area contributed by atoms with E-state index >= 15 is 0 Å². The van der Waals surface area contributed by atoms with Crippen LogP contribution in [0, 0.1) is 0 Å². The highest BCUT2D eigenvalue weighted by Gasteiger charge is 2.30. The zero-order chi connectivity index (χ0) is 12.4. The van der Waals surface area contributed by atoms with Crippen molar-refractivity contribution in [1.29, 1.82) is 0 Å². The van der Waals surface area contributed by atoms with Gasteiger partial charge in [-0.15, -0.1) is 0 Å². The van der Waals surface area contributed by atoms with Gasteiger partial charge < -0.3 is 14.2 Å². The lowest BCUT2D eigenvalue weighted by atomic mass is 10.1. The number of ether oxygens (including phenoxy) is 3. The third kappa shape index (κ3) is 2.52. The summed E-state index contributed by atoms with van der Waals surface area (Å²) in [6, 6.07) is 6.45. The van der Waals surface area contributed by atoms with Crippen LogP contribution in [0.2, 0.25) is 0 Å². The van der Waals surface area contributed by atoms with Crippen LogP contribution in [0.5, 0.6) is 5.75 Å². The normalized spacial score (nSPS) is 20.9. The molecule has 1 aromatic rings. The first-order valence-corrected chi connectivity index (χ1v) is 6.78. The van der Waals surface area contributed by atoms with Crippen molar-refractivity contribution >= 4 is 0 Å². The van der Waals surface area contributed by atoms with E-state index in [9.17, 15) is 0 Å². The van der Waals surface area contributed by atoms with Gasteiger partial charge >= 0.3 is 0 Å². The number of aryl methyl sites for hydroxylation is 2. The van der Waals surface area contributed by atoms with Crippen molar-refractivity contribution in [2.75, 3.05) is 19.8 Å². The van der Waals surface area contributed by atoms with Crippen molar-refractivity contribution in [3.05, 3.63) is 29.3 Å². The summed E-state index contributed by atoms with van der Waals surface area (Å²) in [5.74, 6) is 0.522. The summed E-state index contributed by atoms with van der Waals surface area (Å²) in [6.07, 6.45) is 4.45. The minimum Gasteiger partial charge on any atom is -0.493 e. The van der Waals surface area contributed by atoms with E-state index < -0.39 is 5.79 Å². The van der Waals surface area contributed by atoms with Crippen molar-refractivity contribution in [3.63, 3.8) is 0 Å². The van der Waals surface area contributed by atoms with E-state index in [0.29, 0.717) is 19.8 Å². The summed E-state index contributed by atoms with van der Waals surface area (Å²) < 4.78 is 16.9. The van der Waals surface area contributed by atoms with Gasteiger partial charge in [0, 0.05) is 6.42 Å². The molecule has 0 atom stereocenters. The summed E-state index contributed by atoms with van der Waals surface area (Å²) in [7, 11) is 0. The fourth-order valence-corrected chi connectivity index (χ4v) is 2.69. The molecule has 1 saturated heterocycles. The molecule has 0 radical (unpaired) electrons. The SMILES string of the molecule is CC1(CCOc2ccc3c(c2)CCC3)OCCO1. The maximum atomic E-state index is 5.80. The van der Waals surface area contributed by atoms with Crippen molar-refractivity contribution in [1.82, 2.24) is 0 Å². The first kappa shape index (κ1) is 12.0. The van der Waals surface area contributed by atoms with E-state index in [4.69, 9.17) is 14.2 Å². The quantitative estimate of drug-likeness (QED) is 0.820. The molecule has 98 valence electrons. The zero-order valence-electron chi connectivity index (χ0n) is 10.9. The Hall–Kier alpha value is -1.06. The largest absolute Gasteiger partial charge is 0.493 e. The van der Waals surface area contributed by atoms with E-state index in [1.165, 1.54) is 30.4 Å². The minimum absolute atomic E-state index is 0.448. The standard InChI is InChI=1S/C15H20O3/c1-15(17-9-10-18-15)7-8-16-14-6-5-12-3-2-4-13(12)11-14/h5-6,11H,2-4,7-10H2,1H3. The predicted octanol–water partition coefficient (Wildman–Crippen LogP) is 2.71. The Morgan fingerprint density at radius 1 is 1.17 bits per heavy atom. The fraction of sp³-hybridized carbons (Fsp3) is 0.600. The Bertz CT molecular complexity index is 422. The molecule has 18 heavy (non-hydrogen) atoms. The summed E-state index contributed by atoms with van der Waals surface area (Å²) >= 11 is 0. The molecule has 0 spiro atoms.